The molecule has 3 rings (SSSR count). The maximum absolute atomic E-state index is 12.7. The van der Waals surface area contributed by atoms with Crippen LogP contribution >= 0.6 is 0 Å². The SMILES string of the molecule is C=CCS(=O)c1nc(-c2ccc(C)cc2)cc(-c2ccccc2)c1C#N. The van der Waals surface area contributed by atoms with E-state index in [0.717, 1.165) is 22.3 Å². The van der Waals surface area contributed by atoms with Gasteiger partial charge in [-0.15, -0.1) is 6.58 Å². The minimum Gasteiger partial charge on any atom is -0.252 e. The molecule has 0 aliphatic carbocycles. The Bertz CT molecular complexity index is 1000. The molecular weight excluding hydrogens is 340 g/mol. The van der Waals surface area contributed by atoms with Crippen LogP contribution in [0.5, 0.6) is 0 Å². The van der Waals surface area contributed by atoms with E-state index in [4.69, 9.17) is 0 Å². The van der Waals surface area contributed by atoms with Crippen molar-refractivity contribution in [2.24, 2.45) is 0 Å². The second-order valence-corrected chi connectivity index (χ2v) is 7.29. The standard InChI is InChI=1S/C22H18N2OS/c1-3-13-26(25)22-20(15-23)19(17-7-5-4-6-8-17)14-21(24-22)18-11-9-16(2)10-12-18/h3-12,14H,1,13H2,2H3. The van der Waals surface area contributed by atoms with Crippen LogP contribution in [0.4, 0.5) is 0 Å². The van der Waals surface area contributed by atoms with Crippen LogP contribution in [0.1, 0.15) is 11.1 Å². The smallest absolute Gasteiger partial charge is 0.146 e. The van der Waals surface area contributed by atoms with Crippen molar-refractivity contribution in [1.29, 1.82) is 5.26 Å². The number of benzene rings is 2. The molecule has 1 unspecified atom stereocenters. The Labute approximate surface area is 156 Å². The van der Waals surface area contributed by atoms with E-state index >= 15 is 0 Å². The third-order valence-electron chi connectivity index (χ3n) is 4.02. The Kier molecular flexibility index (Phi) is 5.40. The summed E-state index contributed by atoms with van der Waals surface area (Å²) >= 11 is 0. The lowest BCUT2D eigenvalue weighted by molar-refractivity contribution is 0.682. The van der Waals surface area contributed by atoms with E-state index in [2.05, 4.69) is 17.6 Å². The highest BCUT2D eigenvalue weighted by atomic mass is 32.2. The van der Waals surface area contributed by atoms with Crippen molar-refractivity contribution in [3.63, 3.8) is 0 Å². The van der Waals surface area contributed by atoms with Crippen molar-refractivity contribution >= 4 is 10.8 Å². The molecular formula is C22H18N2OS. The maximum atomic E-state index is 12.7. The van der Waals surface area contributed by atoms with E-state index in [9.17, 15) is 9.47 Å². The molecule has 3 aromatic rings. The lowest BCUT2D eigenvalue weighted by Crippen LogP contribution is -2.05. The van der Waals surface area contributed by atoms with Gasteiger partial charge in [0.2, 0.25) is 0 Å². The second kappa shape index (κ2) is 7.90. The predicted octanol–water partition coefficient (Wildman–Crippen LogP) is 4.89. The van der Waals surface area contributed by atoms with E-state index < -0.39 is 10.8 Å². The van der Waals surface area contributed by atoms with Gasteiger partial charge in [0.1, 0.15) is 11.1 Å². The Balaban J connectivity index is 2.28. The van der Waals surface area contributed by atoms with E-state index in [-0.39, 0.29) is 5.75 Å². The Morgan fingerprint density at radius 2 is 1.81 bits per heavy atom. The van der Waals surface area contributed by atoms with Gasteiger partial charge >= 0.3 is 0 Å². The molecule has 0 fully saturated rings. The van der Waals surface area contributed by atoms with E-state index in [1.807, 2.05) is 67.6 Å². The van der Waals surface area contributed by atoms with Crippen LogP contribution in [0.3, 0.4) is 0 Å². The summed E-state index contributed by atoms with van der Waals surface area (Å²) < 4.78 is 12.7. The number of hydrogen-bond acceptors (Lipinski definition) is 3. The van der Waals surface area contributed by atoms with Crippen molar-refractivity contribution in [3.05, 3.63) is 84.4 Å². The van der Waals surface area contributed by atoms with Crippen LogP contribution in [0.15, 0.2) is 78.3 Å². The minimum atomic E-state index is -1.42. The highest BCUT2D eigenvalue weighted by molar-refractivity contribution is 7.85. The Hall–Kier alpha value is -3.03. The van der Waals surface area contributed by atoms with Gasteiger partial charge in [0, 0.05) is 16.9 Å². The van der Waals surface area contributed by atoms with Crippen molar-refractivity contribution in [3.8, 4) is 28.5 Å². The van der Waals surface area contributed by atoms with Crippen LogP contribution < -0.4 is 0 Å². The summed E-state index contributed by atoms with van der Waals surface area (Å²) in [5.74, 6) is 0.257. The number of pyridine rings is 1. The van der Waals surface area contributed by atoms with Crippen molar-refractivity contribution in [2.45, 2.75) is 11.9 Å². The van der Waals surface area contributed by atoms with Crippen LogP contribution in [0, 0.1) is 18.3 Å². The molecule has 26 heavy (non-hydrogen) atoms. The average molecular weight is 358 g/mol. The van der Waals surface area contributed by atoms with Crippen molar-refractivity contribution in [1.82, 2.24) is 4.98 Å². The molecule has 1 atom stereocenters. The van der Waals surface area contributed by atoms with Gasteiger partial charge in [-0.25, -0.2) is 4.98 Å². The van der Waals surface area contributed by atoms with Gasteiger partial charge in [-0.3, -0.25) is 4.21 Å². The zero-order valence-electron chi connectivity index (χ0n) is 14.5. The molecule has 3 nitrogen and oxygen atoms in total. The molecule has 1 aromatic heterocycles. The molecule has 2 aromatic carbocycles. The number of nitrogens with zero attached hydrogens (tertiary/aromatic N) is 2. The predicted molar refractivity (Wildman–Crippen MR) is 106 cm³/mol. The quantitative estimate of drug-likeness (QED) is 0.610. The van der Waals surface area contributed by atoms with Gasteiger partial charge in [0.15, 0.2) is 0 Å². The third kappa shape index (κ3) is 3.63. The molecule has 0 aliphatic heterocycles. The van der Waals surface area contributed by atoms with Crippen LogP contribution in [0.25, 0.3) is 22.4 Å². The fraction of sp³-hybridized carbons (Fsp3) is 0.0909. The summed E-state index contributed by atoms with van der Waals surface area (Å²) in [6.07, 6.45) is 1.58. The molecule has 0 saturated heterocycles. The van der Waals surface area contributed by atoms with Crippen molar-refractivity contribution < 1.29 is 4.21 Å². The lowest BCUT2D eigenvalue weighted by atomic mass is 9.99. The third-order valence-corrected chi connectivity index (χ3v) is 5.28. The topological polar surface area (TPSA) is 53.8 Å². The largest absolute Gasteiger partial charge is 0.252 e. The lowest BCUT2D eigenvalue weighted by Gasteiger charge is -2.12. The van der Waals surface area contributed by atoms with Crippen molar-refractivity contribution in [2.75, 3.05) is 5.75 Å². The summed E-state index contributed by atoms with van der Waals surface area (Å²) in [5.41, 5.74) is 4.78. The van der Waals surface area contributed by atoms with Crippen LogP contribution in [-0.4, -0.2) is 14.9 Å². The molecule has 0 amide bonds. The Morgan fingerprint density at radius 1 is 1.12 bits per heavy atom. The second-order valence-electron chi connectivity index (χ2n) is 5.88. The normalized spacial score (nSPS) is 11.5. The first kappa shape index (κ1) is 17.8. The summed E-state index contributed by atoms with van der Waals surface area (Å²) in [7, 11) is -1.42. The highest BCUT2D eigenvalue weighted by Gasteiger charge is 2.18. The van der Waals surface area contributed by atoms with Crippen LogP contribution in [0.2, 0.25) is 0 Å². The fourth-order valence-electron chi connectivity index (χ4n) is 2.70. The number of nitriles is 1. The number of aromatic nitrogens is 1. The molecule has 0 radical (unpaired) electrons. The first-order valence-electron chi connectivity index (χ1n) is 8.21. The van der Waals surface area contributed by atoms with E-state index in [1.165, 1.54) is 0 Å². The summed E-state index contributed by atoms with van der Waals surface area (Å²) in [6, 6.07) is 21.7. The van der Waals surface area contributed by atoms with Gasteiger partial charge < -0.3 is 0 Å². The number of aryl methyl sites for hydroxylation is 1. The first-order chi connectivity index (χ1) is 12.6. The Morgan fingerprint density at radius 3 is 2.42 bits per heavy atom. The summed E-state index contributed by atoms with van der Waals surface area (Å²) in [5, 5.41) is 10.0. The van der Waals surface area contributed by atoms with E-state index in [1.54, 1.807) is 6.08 Å². The molecule has 0 aliphatic rings. The monoisotopic (exact) mass is 358 g/mol. The van der Waals surface area contributed by atoms with Gasteiger partial charge in [0.25, 0.3) is 0 Å². The molecule has 0 spiro atoms. The molecule has 4 heteroatoms. The van der Waals surface area contributed by atoms with E-state index in [0.29, 0.717) is 16.3 Å². The zero-order valence-corrected chi connectivity index (χ0v) is 15.3. The average Bonchev–Trinajstić information content (AvgIpc) is 2.68. The molecule has 0 saturated carbocycles. The van der Waals surface area contributed by atoms with Gasteiger partial charge in [0.05, 0.1) is 22.1 Å². The summed E-state index contributed by atoms with van der Waals surface area (Å²) in [4.78, 5) is 4.58. The number of hydrogen-bond donors (Lipinski definition) is 0. The minimum absolute atomic E-state index is 0.257. The first-order valence-corrected chi connectivity index (χ1v) is 9.53. The van der Waals surface area contributed by atoms with Gasteiger partial charge in [-0.2, -0.15) is 5.26 Å². The van der Waals surface area contributed by atoms with Gasteiger partial charge in [-0.1, -0.05) is 66.2 Å². The van der Waals surface area contributed by atoms with Gasteiger partial charge in [-0.05, 0) is 18.6 Å². The number of rotatable bonds is 5. The molecule has 128 valence electrons. The maximum Gasteiger partial charge on any atom is 0.146 e. The fourth-order valence-corrected chi connectivity index (χ4v) is 3.65. The zero-order chi connectivity index (χ0) is 18.5. The molecule has 0 bridgehead atoms. The summed E-state index contributed by atoms with van der Waals surface area (Å²) in [6.45, 7) is 5.67. The van der Waals surface area contributed by atoms with Crippen LogP contribution in [-0.2, 0) is 10.8 Å². The highest BCUT2D eigenvalue weighted by Crippen LogP contribution is 2.31. The molecule has 1 heterocycles. The molecule has 0 N–H and O–H groups in total.